The van der Waals surface area contributed by atoms with Crippen LogP contribution in [0.2, 0.25) is 0 Å². The van der Waals surface area contributed by atoms with Gasteiger partial charge in [-0.25, -0.2) is 0 Å². The first-order valence-electron chi connectivity index (χ1n) is 12.0. The highest BCUT2D eigenvalue weighted by Crippen LogP contribution is 2.35. The van der Waals surface area contributed by atoms with Crippen molar-refractivity contribution < 1.29 is 19.2 Å². The zero-order valence-electron chi connectivity index (χ0n) is 19.9. The predicted octanol–water partition coefficient (Wildman–Crippen LogP) is 2.97. The van der Waals surface area contributed by atoms with E-state index in [0.717, 1.165) is 17.5 Å². The first kappa shape index (κ1) is 24.7. The number of imide groups is 1. The summed E-state index contributed by atoms with van der Waals surface area (Å²) in [7, 11) is 0. The SMILES string of the molecule is CCCNC(=O)C(CC)N(Cc1ccc(C)cc1)C(=O)CCN1C(=O)[C@H]2CC=CC[C@H]2C1=O. The predicted molar refractivity (Wildman–Crippen MR) is 126 cm³/mol. The van der Waals surface area contributed by atoms with Gasteiger partial charge in [0.25, 0.3) is 0 Å². The van der Waals surface area contributed by atoms with Crippen LogP contribution in [0.3, 0.4) is 0 Å². The number of nitrogens with zero attached hydrogens (tertiary/aromatic N) is 2. The zero-order valence-corrected chi connectivity index (χ0v) is 19.9. The first-order chi connectivity index (χ1) is 15.9. The van der Waals surface area contributed by atoms with Crippen LogP contribution in [0.4, 0.5) is 0 Å². The van der Waals surface area contributed by atoms with Gasteiger partial charge in [0.2, 0.25) is 23.6 Å². The maximum Gasteiger partial charge on any atom is 0.242 e. The molecule has 1 N–H and O–H groups in total. The maximum absolute atomic E-state index is 13.4. The average molecular weight is 454 g/mol. The van der Waals surface area contributed by atoms with Gasteiger partial charge < -0.3 is 10.2 Å². The van der Waals surface area contributed by atoms with Crippen molar-refractivity contribution >= 4 is 23.6 Å². The summed E-state index contributed by atoms with van der Waals surface area (Å²) in [5, 5.41) is 2.90. The molecule has 3 rings (SSSR count). The number of carbonyl (C=O) groups excluding carboxylic acids is 4. The van der Waals surface area contributed by atoms with E-state index < -0.39 is 6.04 Å². The van der Waals surface area contributed by atoms with Crippen molar-refractivity contribution in [3.05, 3.63) is 47.5 Å². The molecule has 0 spiro atoms. The monoisotopic (exact) mass is 453 g/mol. The summed E-state index contributed by atoms with van der Waals surface area (Å²) in [5.74, 6) is -1.37. The molecule has 1 saturated heterocycles. The molecule has 7 heteroatoms. The van der Waals surface area contributed by atoms with Gasteiger partial charge in [0.1, 0.15) is 6.04 Å². The normalized spacial score (nSPS) is 20.5. The van der Waals surface area contributed by atoms with Crippen molar-refractivity contribution in [2.24, 2.45) is 11.8 Å². The summed E-state index contributed by atoms with van der Waals surface area (Å²) in [4.78, 5) is 54.5. The number of allylic oxidation sites excluding steroid dienone is 2. The Morgan fingerprint density at radius 3 is 2.21 bits per heavy atom. The molecule has 0 bridgehead atoms. The maximum atomic E-state index is 13.4. The molecule has 33 heavy (non-hydrogen) atoms. The Bertz CT molecular complexity index is 883. The second kappa shape index (κ2) is 11.3. The van der Waals surface area contributed by atoms with Gasteiger partial charge in [0.15, 0.2) is 0 Å². The third-order valence-electron chi connectivity index (χ3n) is 6.56. The van der Waals surface area contributed by atoms with Gasteiger partial charge >= 0.3 is 0 Å². The minimum atomic E-state index is -0.609. The molecule has 1 fully saturated rings. The minimum absolute atomic E-state index is 0.00771. The van der Waals surface area contributed by atoms with Gasteiger partial charge in [-0.2, -0.15) is 0 Å². The Balaban J connectivity index is 1.73. The largest absolute Gasteiger partial charge is 0.354 e. The van der Waals surface area contributed by atoms with Crippen molar-refractivity contribution in [3.8, 4) is 0 Å². The number of rotatable bonds is 10. The molecular weight excluding hydrogens is 418 g/mol. The van der Waals surface area contributed by atoms with Crippen LogP contribution in [0.5, 0.6) is 0 Å². The fraction of sp³-hybridized carbons (Fsp3) is 0.538. The number of fused-ring (bicyclic) bond motifs is 1. The van der Waals surface area contributed by atoms with Crippen LogP contribution in [-0.4, -0.2) is 52.6 Å². The van der Waals surface area contributed by atoms with Crippen LogP contribution in [-0.2, 0) is 25.7 Å². The van der Waals surface area contributed by atoms with Crippen molar-refractivity contribution in [2.45, 2.75) is 65.5 Å². The average Bonchev–Trinajstić information content (AvgIpc) is 3.07. The van der Waals surface area contributed by atoms with Gasteiger partial charge in [0.05, 0.1) is 11.8 Å². The Morgan fingerprint density at radius 1 is 1.06 bits per heavy atom. The third kappa shape index (κ3) is 5.70. The molecule has 4 amide bonds. The number of aryl methyl sites for hydroxylation is 1. The van der Waals surface area contributed by atoms with Crippen LogP contribution in [0.15, 0.2) is 36.4 Å². The zero-order chi connectivity index (χ0) is 24.0. The highest BCUT2D eigenvalue weighted by atomic mass is 16.2. The van der Waals surface area contributed by atoms with Crippen LogP contribution in [0, 0.1) is 18.8 Å². The number of likely N-dealkylation sites (tertiary alicyclic amines) is 1. The summed E-state index contributed by atoms with van der Waals surface area (Å²) >= 11 is 0. The molecule has 2 aliphatic rings. The molecule has 1 unspecified atom stereocenters. The number of hydrogen-bond donors (Lipinski definition) is 1. The number of carbonyl (C=O) groups is 4. The highest BCUT2D eigenvalue weighted by molar-refractivity contribution is 6.05. The van der Waals surface area contributed by atoms with Gasteiger partial charge in [-0.15, -0.1) is 0 Å². The Kier molecular flexibility index (Phi) is 8.42. The van der Waals surface area contributed by atoms with E-state index in [0.29, 0.717) is 32.4 Å². The first-order valence-corrected chi connectivity index (χ1v) is 12.0. The van der Waals surface area contributed by atoms with E-state index in [1.165, 1.54) is 4.90 Å². The summed E-state index contributed by atoms with van der Waals surface area (Å²) < 4.78 is 0. The fourth-order valence-electron chi connectivity index (χ4n) is 4.62. The summed E-state index contributed by atoms with van der Waals surface area (Å²) in [6.45, 7) is 6.77. The van der Waals surface area contributed by atoms with E-state index in [1.807, 2.05) is 57.2 Å². The summed E-state index contributed by atoms with van der Waals surface area (Å²) in [5.41, 5.74) is 2.05. The van der Waals surface area contributed by atoms with Crippen LogP contribution in [0.25, 0.3) is 0 Å². The molecule has 0 aromatic heterocycles. The summed E-state index contributed by atoms with van der Waals surface area (Å²) in [6, 6.07) is 7.26. The molecule has 3 atom stereocenters. The van der Waals surface area contributed by atoms with Crippen molar-refractivity contribution in [1.82, 2.24) is 15.1 Å². The van der Waals surface area contributed by atoms with Crippen molar-refractivity contribution in [2.75, 3.05) is 13.1 Å². The lowest BCUT2D eigenvalue weighted by molar-refractivity contribution is -0.144. The Morgan fingerprint density at radius 2 is 1.67 bits per heavy atom. The lowest BCUT2D eigenvalue weighted by Crippen LogP contribution is -2.49. The number of amides is 4. The molecule has 1 heterocycles. The van der Waals surface area contributed by atoms with E-state index in [2.05, 4.69) is 5.32 Å². The third-order valence-corrected chi connectivity index (χ3v) is 6.56. The minimum Gasteiger partial charge on any atom is -0.354 e. The van der Waals surface area contributed by atoms with Crippen LogP contribution >= 0.6 is 0 Å². The van der Waals surface area contributed by atoms with Crippen molar-refractivity contribution in [1.29, 1.82) is 0 Å². The van der Waals surface area contributed by atoms with Gasteiger partial charge in [-0.1, -0.05) is 55.8 Å². The van der Waals surface area contributed by atoms with Crippen LogP contribution in [0.1, 0.15) is 57.1 Å². The van der Waals surface area contributed by atoms with E-state index in [4.69, 9.17) is 0 Å². The van der Waals surface area contributed by atoms with E-state index in [-0.39, 0.29) is 48.4 Å². The van der Waals surface area contributed by atoms with Gasteiger partial charge in [-0.05, 0) is 38.2 Å². The second-order valence-corrected chi connectivity index (χ2v) is 8.96. The highest BCUT2D eigenvalue weighted by Gasteiger charge is 2.47. The molecule has 178 valence electrons. The fourth-order valence-corrected chi connectivity index (χ4v) is 4.62. The molecule has 1 aromatic carbocycles. The van der Waals surface area contributed by atoms with Gasteiger partial charge in [0, 0.05) is 26.1 Å². The number of benzene rings is 1. The quantitative estimate of drug-likeness (QED) is 0.436. The lowest BCUT2D eigenvalue weighted by atomic mass is 9.85. The summed E-state index contributed by atoms with van der Waals surface area (Å²) in [6.07, 6.45) is 6.35. The smallest absolute Gasteiger partial charge is 0.242 e. The molecule has 1 aliphatic carbocycles. The Labute approximate surface area is 196 Å². The van der Waals surface area contributed by atoms with E-state index in [1.54, 1.807) is 4.90 Å². The topological polar surface area (TPSA) is 86.8 Å². The molecule has 7 nitrogen and oxygen atoms in total. The van der Waals surface area contributed by atoms with Crippen LogP contribution < -0.4 is 5.32 Å². The second-order valence-electron chi connectivity index (χ2n) is 8.96. The van der Waals surface area contributed by atoms with Gasteiger partial charge in [-0.3, -0.25) is 24.1 Å². The number of hydrogen-bond acceptors (Lipinski definition) is 4. The number of nitrogens with one attached hydrogen (secondary N) is 1. The molecular formula is C26H35N3O4. The lowest BCUT2D eigenvalue weighted by Gasteiger charge is -2.31. The molecule has 0 radical (unpaired) electrons. The van der Waals surface area contributed by atoms with E-state index in [9.17, 15) is 19.2 Å². The van der Waals surface area contributed by atoms with Crippen molar-refractivity contribution in [3.63, 3.8) is 0 Å². The molecule has 1 aliphatic heterocycles. The standard InChI is InChI=1S/C26H35N3O4/c1-4-15-27-24(31)22(5-2)29(17-19-12-10-18(3)11-13-19)23(30)14-16-28-25(32)20-8-6-7-9-21(20)26(28)33/h6-7,10-13,20-22H,4-5,8-9,14-17H2,1-3H3,(H,27,31)/t20-,21+,22?. The molecule has 0 saturated carbocycles. The Hall–Kier alpha value is -2.96. The molecule has 1 aromatic rings. The van der Waals surface area contributed by atoms with E-state index >= 15 is 0 Å².